The number of aliphatic hydroxyl groups is 2. The Morgan fingerprint density at radius 2 is 1.68 bits per heavy atom. The molecule has 4 atom stereocenters. The van der Waals surface area contributed by atoms with Gasteiger partial charge in [-0.2, -0.15) is 0 Å². The second-order valence-corrected chi connectivity index (χ2v) is 10.3. The number of aliphatic hydroxyl groups excluding tert-OH is 2. The highest BCUT2D eigenvalue weighted by Gasteiger charge is 2.50. The Balaban J connectivity index is 1.38. The summed E-state index contributed by atoms with van der Waals surface area (Å²) >= 11 is 0. The van der Waals surface area contributed by atoms with Crippen LogP contribution >= 0.6 is 0 Å². The Labute approximate surface area is 230 Å². The topological polar surface area (TPSA) is 127 Å². The summed E-state index contributed by atoms with van der Waals surface area (Å²) in [6.45, 7) is 5.15. The molecule has 9 nitrogen and oxygen atoms in total. The molecule has 0 saturated carbocycles. The van der Waals surface area contributed by atoms with Gasteiger partial charge in [-0.05, 0) is 62.2 Å². The fraction of sp³-hybridized carbons (Fsp3) is 0.290. The van der Waals surface area contributed by atoms with Crippen molar-refractivity contribution in [1.29, 1.82) is 0 Å². The molecule has 1 fully saturated rings. The summed E-state index contributed by atoms with van der Waals surface area (Å²) in [5.41, 5.74) is 1.31. The molecular formula is C31H31NO8. The smallest absolute Gasteiger partial charge is 0.360 e. The van der Waals surface area contributed by atoms with Crippen molar-refractivity contribution in [2.75, 3.05) is 12.4 Å². The first-order chi connectivity index (χ1) is 19.1. The van der Waals surface area contributed by atoms with Gasteiger partial charge in [0.1, 0.15) is 35.3 Å². The van der Waals surface area contributed by atoms with Crippen molar-refractivity contribution in [3.8, 4) is 16.9 Å². The van der Waals surface area contributed by atoms with Crippen molar-refractivity contribution in [1.82, 2.24) is 0 Å². The molecule has 0 spiro atoms. The first kappa shape index (κ1) is 27.5. The van der Waals surface area contributed by atoms with E-state index in [1.54, 1.807) is 57.2 Å². The SMILES string of the molecule is COC1C(O)C(O)C(Oc2ccc3cc(NC(=O)c4cccc(-c5ccccc5)c4)c(=O)oc3c2C)OC1(C)C. The second kappa shape index (κ2) is 10.9. The van der Waals surface area contributed by atoms with Gasteiger partial charge < -0.3 is 34.2 Å². The molecule has 1 saturated heterocycles. The van der Waals surface area contributed by atoms with Gasteiger partial charge in [0.05, 0.1) is 5.60 Å². The minimum atomic E-state index is -1.38. The quantitative estimate of drug-likeness (QED) is 0.307. The van der Waals surface area contributed by atoms with Crippen LogP contribution < -0.4 is 15.7 Å². The number of carbonyl (C=O) groups excluding carboxylic acids is 1. The fourth-order valence-corrected chi connectivity index (χ4v) is 5.02. The number of nitrogens with one attached hydrogen (secondary N) is 1. The molecule has 4 unspecified atom stereocenters. The number of hydrogen-bond donors (Lipinski definition) is 3. The Morgan fingerprint density at radius 3 is 2.40 bits per heavy atom. The number of fused-ring (bicyclic) bond motifs is 1. The van der Waals surface area contributed by atoms with E-state index in [0.29, 0.717) is 22.3 Å². The summed E-state index contributed by atoms with van der Waals surface area (Å²) < 4.78 is 22.7. The van der Waals surface area contributed by atoms with E-state index < -0.39 is 41.7 Å². The Bertz CT molecular complexity index is 1600. The molecule has 1 aliphatic heterocycles. The minimum Gasteiger partial charge on any atom is -0.462 e. The standard InChI is InChI=1S/C31H31NO8/c1-17-23(38-30-25(34)24(33)27(37-4)31(2,3)40-30)14-13-20-16-22(29(36)39-26(17)20)32-28(35)21-12-8-11-19(15-21)18-9-6-5-7-10-18/h5-16,24-25,27,30,33-34H,1-4H3,(H,32,35). The molecule has 0 radical (unpaired) electrons. The first-order valence-electron chi connectivity index (χ1n) is 12.9. The summed E-state index contributed by atoms with van der Waals surface area (Å²) in [7, 11) is 1.43. The van der Waals surface area contributed by atoms with Gasteiger partial charge >= 0.3 is 5.63 Å². The third-order valence-electron chi connectivity index (χ3n) is 7.12. The van der Waals surface area contributed by atoms with Crippen LogP contribution in [0, 0.1) is 6.92 Å². The van der Waals surface area contributed by atoms with Gasteiger partial charge in [-0.3, -0.25) is 4.79 Å². The number of aryl methyl sites for hydroxylation is 1. The maximum absolute atomic E-state index is 13.0. The van der Waals surface area contributed by atoms with Gasteiger partial charge in [0.25, 0.3) is 5.91 Å². The monoisotopic (exact) mass is 545 g/mol. The Morgan fingerprint density at radius 1 is 0.950 bits per heavy atom. The Kier molecular flexibility index (Phi) is 7.48. The summed E-state index contributed by atoms with van der Waals surface area (Å²) in [6.07, 6.45) is -4.56. The highest BCUT2D eigenvalue weighted by atomic mass is 16.7. The number of rotatable bonds is 6. The largest absolute Gasteiger partial charge is 0.462 e. The number of ether oxygens (including phenoxy) is 3. The molecule has 3 N–H and O–H groups in total. The highest BCUT2D eigenvalue weighted by molar-refractivity contribution is 6.05. The average Bonchev–Trinajstić information content (AvgIpc) is 2.94. The first-order valence-corrected chi connectivity index (χ1v) is 12.9. The second-order valence-electron chi connectivity index (χ2n) is 10.3. The van der Waals surface area contributed by atoms with E-state index >= 15 is 0 Å². The zero-order valence-electron chi connectivity index (χ0n) is 22.6. The summed E-state index contributed by atoms with van der Waals surface area (Å²) in [6, 6.07) is 21.7. The molecule has 4 aromatic rings. The van der Waals surface area contributed by atoms with Crippen molar-refractivity contribution < 1.29 is 33.6 Å². The molecule has 9 heteroatoms. The number of amides is 1. The third kappa shape index (κ3) is 5.24. The van der Waals surface area contributed by atoms with Crippen molar-refractivity contribution in [3.63, 3.8) is 0 Å². The summed E-state index contributed by atoms with van der Waals surface area (Å²) in [4.78, 5) is 25.9. The summed E-state index contributed by atoms with van der Waals surface area (Å²) in [5.74, 6) is -0.145. The number of hydrogen-bond acceptors (Lipinski definition) is 8. The van der Waals surface area contributed by atoms with Crippen LogP contribution in [0.1, 0.15) is 29.8 Å². The van der Waals surface area contributed by atoms with Crippen LogP contribution in [0.25, 0.3) is 22.1 Å². The number of carbonyl (C=O) groups is 1. The zero-order chi connectivity index (χ0) is 28.6. The van der Waals surface area contributed by atoms with Gasteiger partial charge in [-0.1, -0.05) is 42.5 Å². The van der Waals surface area contributed by atoms with E-state index in [9.17, 15) is 19.8 Å². The molecule has 208 valence electrons. The van der Waals surface area contributed by atoms with E-state index in [0.717, 1.165) is 11.1 Å². The van der Waals surface area contributed by atoms with Gasteiger partial charge in [0, 0.05) is 23.6 Å². The van der Waals surface area contributed by atoms with E-state index in [1.807, 2.05) is 36.4 Å². The lowest BCUT2D eigenvalue weighted by atomic mass is 9.89. The van der Waals surface area contributed by atoms with Crippen molar-refractivity contribution >= 4 is 22.6 Å². The lowest BCUT2D eigenvalue weighted by molar-refractivity contribution is -0.306. The Hall–Kier alpha value is -4.02. The average molecular weight is 546 g/mol. The number of methoxy groups -OCH3 is 1. The summed E-state index contributed by atoms with van der Waals surface area (Å²) in [5, 5.41) is 24.3. The molecule has 1 amide bonds. The van der Waals surface area contributed by atoms with Gasteiger partial charge in [-0.25, -0.2) is 4.79 Å². The maximum atomic E-state index is 13.0. The fourth-order valence-electron chi connectivity index (χ4n) is 5.02. The maximum Gasteiger partial charge on any atom is 0.360 e. The third-order valence-corrected chi connectivity index (χ3v) is 7.12. The van der Waals surface area contributed by atoms with E-state index in [2.05, 4.69) is 5.32 Å². The van der Waals surface area contributed by atoms with Crippen LogP contribution in [-0.4, -0.2) is 53.4 Å². The van der Waals surface area contributed by atoms with Crippen molar-refractivity contribution in [2.24, 2.45) is 0 Å². The van der Waals surface area contributed by atoms with Crippen LogP contribution in [0.5, 0.6) is 5.75 Å². The molecule has 40 heavy (non-hydrogen) atoms. The van der Waals surface area contributed by atoms with Crippen LogP contribution in [0.4, 0.5) is 5.69 Å². The van der Waals surface area contributed by atoms with E-state index in [1.165, 1.54) is 7.11 Å². The lowest BCUT2D eigenvalue weighted by Gasteiger charge is -2.46. The predicted molar refractivity (Wildman–Crippen MR) is 149 cm³/mol. The number of anilines is 1. The van der Waals surface area contributed by atoms with Crippen molar-refractivity contribution in [3.05, 3.63) is 94.3 Å². The molecule has 5 rings (SSSR count). The lowest BCUT2D eigenvalue weighted by Crippen LogP contribution is -2.63. The van der Waals surface area contributed by atoms with Crippen LogP contribution in [0.2, 0.25) is 0 Å². The predicted octanol–water partition coefficient (Wildman–Crippen LogP) is 4.27. The molecule has 2 heterocycles. The molecular weight excluding hydrogens is 514 g/mol. The molecule has 3 aromatic carbocycles. The highest BCUT2D eigenvalue weighted by Crippen LogP contribution is 2.35. The zero-order valence-corrected chi connectivity index (χ0v) is 22.6. The molecule has 1 aliphatic rings. The number of benzene rings is 3. The molecule has 0 aliphatic carbocycles. The normalized spacial score (nSPS) is 22.1. The van der Waals surface area contributed by atoms with E-state index in [-0.39, 0.29) is 11.3 Å². The van der Waals surface area contributed by atoms with Crippen LogP contribution in [0.3, 0.4) is 0 Å². The van der Waals surface area contributed by atoms with E-state index in [4.69, 9.17) is 18.6 Å². The van der Waals surface area contributed by atoms with Crippen LogP contribution in [0.15, 0.2) is 82.0 Å². The van der Waals surface area contributed by atoms with Gasteiger partial charge in [0.2, 0.25) is 6.29 Å². The molecule has 0 bridgehead atoms. The molecule has 1 aromatic heterocycles. The van der Waals surface area contributed by atoms with Gasteiger partial charge in [0.15, 0.2) is 0 Å². The van der Waals surface area contributed by atoms with Crippen LogP contribution in [-0.2, 0) is 9.47 Å². The van der Waals surface area contributed by atoms with Crippen molar-refractivity contribution in [2.45, 2.75) is 51.0 Å². The van der Waals surface area contributed by atoms with Gasteiger partial charge in [-0.15, -0.1) is 0 Å². The minimum absolute atomic E-state index is 0.00259.